The third kappa shape index (κ3) is 7.40. The van der Waals surface area contributed by atoms with Crippen LogP contribution in [0.25, 0.3) is 0 Å². The lowest BCUT2D eigenvalue weighted by Gasteiger charge is -2.38. The molecule has 1 fully saturated rings. The van der Waals surface area contributed by atoms with Crippen molar-refractivity contribution in [1.29, 1.82) is 0 Å². The predicted octanol–water partition coefficient (Wildman–Crippen LogP) is 7.51. The van der Waals surface area contributed by atoms with Gasteiger partial charge in [-0.15, -0.1) is 0 Å². The minimum absolute atomic E-state index is 0.277. The van der Waals surface area contributed by atoms with E-state index in [4.69, 9.17) is 9.73 Å². The van der Waals surface area contributed by atoms with E-state index in [-0.39, 0.29) is 5.54 Å². The van der Waals surface area contributed by atoms with Gasteiger partial charge in [0.25, 0.3) is 0 Å². The summed E-state index contributed by atoms with van der Waals surface area (Å²) in [5.41, 5.74) is 2.87. The molecule has 0 amide bonds. The van der Waals surface area contributed by atoms with E-state index in [1.165, 1.54) is 68.3 Å². The minimum atomic E-state index is 0.277. The topological polar surface area (TPSA) is 24.8 Å². The SMILES string of the molecule is CCC.CCCCC1=NC2(CCCC2)CCN1Cc1ccc(Br)c(COCC)c1. The summed E-state index contributed by atoms with van der Waals surface area (Å²) >= 11 is 3.66. The molecule has 1 spiro atoms. The monoisotopic (exact) mass is 464 g/mol. The molecule has 0 saturated heterocycles. The number of benzene rings is 1. The number of hydrogen-bond acceptors (Lipinski definition) is 3. The molecule has 1 heterocycles. The van der Waals surface area contributed by atoms with Gasteiger partial charge in [-0.1, -0.05) is 74.5 Å². The van der Waals surface area contributed by atoms with Gasteiger partial charge in [-0.05, 0) is 49.8 Å². The fourth-order valence-corrected chi connectivity index (χ4v) is 4.62. The molecule has 1 aromatic carbocycles. The lowest BCUT2D eigenvalue weighted by Crippen LogP contribution is -2.43. The molecular formula is C25H41BrN2O. The van der Waals surface area contributed by atoms with Crippen LogP contribution in [0.1, 0.15) is 96.6 Å². The zero-order chi connectivity index (χ0) is 21.1. The van der Waals surface area contributed by atoms with Crippen LogP contribution in [0, 0.1) is 0 Å². The number of halogens is 1. The highest BCUT2D eigenvalue weighted by atomic mass is 79.9. The maximum atomic E-state index is 5.62. The van der Waals surface area contributed by atoms with Crippen molar-refractivity contribution in [3.8, 4) is 0 Å². The van der Waals surface area contributed by atoms with Crippen molar-refractivity contribution >= 4 is 21.8 Å². The molecule has 0 aromatic heterocycles. The van der Waals surface area contributed by atoms with Crippen LogP contribution in [0.5, 0.6) is 0 Å². The molecule has 29 heavy (non-hydrogen) atoms. The Morgan fingerprint density at radius 1 is 1.10 bits per heavy atom. The second kappa shape index (κ2) is 12.7. The molecule has 1 aliphatic heterocycles. The first kappa shape index (κ1) is 24.4. The van der Waals surface area contributed by atoms with Gasteiger partial charge in [0.15, 0.2) is 0 Å². The van der Waals surface area contributed by atoms with Crippen molar-refractivity contribution < 1.29 is 4.74 Å². The van der Waals surface area contributed by atoms with Gasteiger partial charge in [-0.3, -0.25) is 4.99 Å². The first-order valence-corrected chi connectivity index (χ1v) is 12.6. The van der Waals surface area contributed by atoms with Crippen molar-refractivity contribution in [2.45, 2.75) is 104 Å². The third-order valence-electron chi connectivity index (χ3n) is 5.81. The molecule has 1 aliphatic carbocycles. The standard InChI is InChI=1S/C22H33BrN2O.C3H8/c1-3-5-8-21-24-22(11-6-7-12-22)13-14-25(21)16-18-9-10-20(23)19(15-18)17-26-4-2;1-3-2/h9-10,15H,3-8,11-14,16-17H2,1-2H3;3H2,1-2H3. The van der Waals surface area contributed by atoms with Crippen LogP contribution in [0.4, 0.5) is 0 Å². The molecule has 3 rings (SSSR count). The second-order valence-electron chi connectivity index (χ2n) is 8.50. The highest BCUT2D eigenvalue weighted by Crippen LogP contribution is 2.39. The molecule has 4 heteroatoms. The van der Waals surface area contributed by atoms with Crippen LogP contribution < -0.4 is 0 Å². The van der Waals surface area contributed by atoms with Crippen LogP contribution in [0.3, 0.4) is 0 Å². The molecule has 0 atom stereocenters. The van der Waals surface area contributed by atoms with Crippen LogP contribution in [0.2, 0.25) is 0 Å². The fourth-order valence-electron chi connectivity index (χ4n) is 4.26. The van der Waals surface area contributed by atoms with E-state index in [9.17, 15) is 0 Å². The predicted molar refractivity (Wildman–Crippen MR) is 129 cm³/mol. The van der Waals surface area contributed by atoms with Crippen LogP contribution in [-0.2, 0) is 17.9 Å². The summed E-state index contributed by atoms with van der Waals surface area (Å²) in [4.78, 5) is 7.86. The molecule has 2 aliphatic rings. The Balaban J connectivity index is 0.000000941. The largest absolute Gasteiger partial charge is 0.377 e. The van der Waals surface area contributed by atoms with E-state index in [0.717, 1.165) is 30.6 Å². The first-order chi connectivity index (χ1) is 14.1. The number of ether oxygens (including phenoxy) is 1. The van der Waals surface area contributed by atoms with Crippen LogP contribution in [-0.4, -0.2) is 29.4 Å². The van der Waals surface area contributed by atoms with E-state index in [2.05, 4.69) is 59.8 Å². The average Bonchev–Trinajstić information content (AvgIpc) is 3.17. The number of aliphatic imine (C=N–C) groups is 1. The van der Waals surface area contributed by atoms with Crippen LogP contribution >= 0.6 is 15.9 Å². The number of rotatable bonds is 8. The molecule has 1 saturated carbocycles. The number of unbranched alkanes of at least 4 members (excludes halogenated alkanes) is 1. The first-order valence-electron chi connectivity index (χ1n) is 11.8. The van der Waals surface area contributed by atoms with E-state index in [1.54, 1.807) is 0 Å². The summed E-state index contributed by atoms with van der Waals surface area (Å²) < 4.78 is 6.75. The Morgan fingerprint density at radius 3 is 2.48 bits per heavy atom. The number of hydrogen-bond donors (Lipinski definition) is 0. The van der Waals surface area contributed by atoms with Crippen molar-refractivity contribution in [3.05, 3.63) is 33.8 Å². The van der Waals surface area contributed by atoms with Crippen molar-refractivity contribution in [3.63, 3.8) is 0 Å². The fraction of sp³-hybridized carbons (Fsp3) is 0.720. The Kier molecular flexibility index (Phi) is 10.7. The quantitative estimate of drug-likeness (QED) is 0.397. The highest BCUT2D eigenvalue weighted by Gasteiger charge is 2.37. The van der Waals surface area contributed by atoms with Crippen molar-refractivity contribution in [2.24, 2.45) is 4.99 Å². The average molecular weight is 466 g/mol. The maximum absolute atomic E-state index is 5.62. The van der Waals surface area contributed by atoms with E-state index < -0.39 is 0 Å². The summed E-state index contributed by atoms with van der Waals surface area (Å²) in [5.74, 6) is 1.36. The molecule has 0 radical (unpaired) electrons. The van der Waals surface area contributed by atoms with Gasteiger partial charge in [0.05, 0.1) is 18.0 Å². The zero-order valence-corrected chi connectivity index (χ0v) is 20.7. The Hall–Kier alpha value is -0.870. The molecule has 0 bridgehead atoms. The Morgan fingerprint density at radius 2 is 1.83 bits per heavy atom. The lowest BCUT2D eigenvalue weighted by atomic mass is 9.91. The normalized spacial score (nSPS) is 17.8. The molecule has 1 aromatic rings. The van der Waals surface area contributed by atoms with Gasteiger partial charge in [0.2, 0.25) is 0 Å². The van der Waals surface area contributed by atoms with E-state index in [1.807, 2.05) is 6.92 Å². The van der Waals surface area contributed by atoms with Crippen molar-refractivity contribution in [2.75, 3.05) is 13.2 Å². The Labute approximate surface area is 187 Å². The summed E-state index contributed by atoms with van der Waals surface area (Å²) in [5, 5.41) is 0. The molecule has 3 nitrogen and oxygen atoms in total. The second-order valence-corrected chi connectivity index (χ2v) is 9.36. The highest BCUT2D eigenvalue weighted by molar-refractivity contribution is 9.10. The van der Waals surface area contributed by atoms with E-state index >= 15 is 0 Å². The molecule has 0 N–H and O–H groups in total. The lowest BCUT2D eigenvalue weighted by molar-refractivity contribution is 0.133. The summed E-state index contributed by atoms with van der Waals surface area (Å²) in [6.45, 7) is 12.1. The number of amidine groups is 1. The van der Waals surface area contributed by atoms with Gasteiger partial charge in [-0.25, -0.2) is 0 Å². The number of nitrogens with zero attached hydrogens (tertiary/aromatic N) is 2. The summed E-state index contributed by atoms with van der Waals surface area (Å²) in [6.07, 6.45) is 11.4. The van der Waals surface area contributed by atoms with Crippen molar-refractivity contribution in [1.82, 2.24) is 4.90 Å². The van der Waals surface area contributed by atoms with Gasteiger partial charge in [-0.2, -0.15) is 0 Å². The van der Waals surface area contributed by atoms with Gasteiger partial charge >= 0.3 is 0 Å². The smallest absolute Gasteiger partial charge is 0.0998 e. The maximum Gasteiger partial charge on any atom is 0.0998 e. The molecule has 0 unspecified atom stereocenters. The van der Waals surface area contributed by atoms with Gasteiger partial charge in [0, 0.05) is 30.6 Å². The molecule has 164 valence electrons. The van der Waals surface area contributed by atoms with Crippen LogP contribution in [0.15, 0.2) is 27.7 Å². The third-order valence-corrected chi connectivity index (χ3v) is 6.59. The zero-order valence-electron chi connectivity index (χ0n) is 19.1. The molecular weight excluding hydrogens is 424 g/mol. The van der Waals surface area contributed by atoms with Gasteiger partial charge in [0.1, 0.15) is 0 Å². The van der Waals surface area contributed by atoms with Gasteiger partial charge < -0.3 is 9.64 Å². The Bertz CT molecular complexity index is 638. The minimum Gasteiger partial charge on any atom is -0.377 e. The summed E-state index contributed by atoms with van der Waals surface area (Å²) in [6, 6.07) is 6.68. The summed E-state index contributed by atoms with van der Waals surface area (Å²) in [7, 11) is 0. The van der Waals surface area contributed by atoms with E-state index in [0.29, 0.717) is 6.61 Å².